The van der Waals surface area contributed by atoms with Crippen LogP contribution < -0.4 is 10.9 Å². The zero-order valence-electron chi connectivity index (χ0n) is 13.7. The van der Waals surface area contributed by atoms with Gasteiger partial charge in [0.2, 0.25) is 0 Å². The number of carbonyl (C=O) groups is 2. The number of carbonyl (C=O) groups excluding carboxylic acids is 2. The van der Waals surface area contributed by atoms with Gasteiger partial charge in [0.25, 0.3) is 11.5 Å². The van der Waals surface area contributed by atoms with Gasteiger partial charge in [-0.25, -0.2) is 4.98 Å². The number of aryl methyl sites for hydroxylation is 2. The third-order valence-electron chi connectivity index (χ3n) is 4.24. The van der Waals surface area contributed by atoms with Gasteiger partial charge >= 0.3 is 5.97 Å². The lowest BCUT2D eigenvalue weighted by molar-refractivity contribution is -0.139. The zero-order chi connectivity index (χ0) is 17.3. The Kier molecular flexibility index (Phi) is 4.66. The van der Waals surface area contributed by atoms with E-state index in [9.17, 15) is 14.4 Å². The Morgan fingerprint density at radius 3 is 2.88 bits per heavy atom. The quantitative estimate of drug-likeness (QED) is 0.846. The number of rotatable bonds is 3. The summed E-state index contributed by atoms with van der Waals surface area (Å²) in [5, 5.41) is 3.02. The van der Waals surface area contributed by atoms with E-state index in [4.69, 9.17) is 0 Å². The number of ether oxygens (including phenoxy) is 1. The summed E-state index contributed by atoms with van der Waals surface area (Å²) in [6.45, 7) is 2.22. The molecule has 0 saturated heterocycles. The number of nitrogens with one attached hydrogen (secondary N) is 1. The van der Waals surface area contributed by atoms with Gasteiger partial charge < -0.3 is 10.1 Å². The Morgan fingerprint density at radius 1 is 1.33 bits per heavy atom. The van der Waals surface area contributed by atoms with Crippen molar-refractivity contribution >= 4 is 33.4 Å². The van der Waals surface area contributed by atoms with Crippen LogP contribution in [0.3, 0.4) is 0 Å². The van der Waals surface area contributed by atoms with E-state index < -0.39 is 5.97 Å². The van der Waals surface area contributed by atoms with Gasteiger partial charge in [-0.15, -0.1) is 11.3 Å². The minimum atomic E-state index is -0.521. The van der Waals surface area contributed by atoms with Gasteiger partial charge in [0, 0.05) is 13.0 Å². The molecule has 0 bridgehead atoms. The van der Waals surface area contributed by atoms with Crippen LogP contribution in [0.1, 0.15) is 40.3 Å². The second-order valence-electron chi connectivity index (χ2n) is 5.79. The summed E-state index contributed by atoms with van der Waals surface area (Å²) in [7, 11) is 1.26. The molecule has 1 amide bonds. The molecule has 3 heterocycles. The van der Waals surface area contributed by atoms with Crippen molar-refractivity contribution in [1.82, 2.24) is 14.9 Å². The molecule has 1 N–H and O–H groups in total. The van der Waals surface area contributed by atoms with Crippen LogP contribution in [0, 0.1) is 6.92 Å². The normalized spacial score (nSPS) is 14.1. The third-order valence-corrected chi connectivity index (χ3v) is 5.42. The minimum Gasteiger partial charge on any atom is -0.468 e. The number of hydrogen-bond acceptors (Lipinski definition) is 6. The van der Waals surface area contributed by atoms with E-state index in [2.05, 4.69) is 15.0 Å². The molecule has 0 saturated carbocycles. The monoisotopic (exact) mass is 349 g/mol. The first kappa shape index (κ1) is 16.6. The van der Waals surface area contributed by atoms with Gasteiger partial charge in [-0.1, -0.05) is 6.42 Å². The fourth-order valence-electron chi connectivity index (χ4n) is 2.93. The number of amides is 1. The van der Waals surface area contributed by atoms with E-state index in [0.29, 0.717) is 27.2 Å². The molecule has 0 aromatic carbocycles. The lowest BCUT2D eigenvalue weighted by atomic mass is 10.2. The number of methoxy groups -OCH3 is 1. The Morgan fingerprint density at radius 2 is 2.12 bits per heavy atom. The lowest BCUT2D eigenvalue weighted by Crippen LogP contribution is -2.30. The minimum absolute atomic E-state index is 0.0716. The lowest BCUT2D eigenvalue weighted by Gasteiger charge is -2.08. The Labute approximate surface area is 142 Å². The van der Waals surface area contributed by atoms with Crippen LogP contribution in [0.5, 0.6) is 0 Å². The van der Waals surface area contributed by atoms with Crippen molar-refractivity contribution in [2.75, 3.05) is 13.7 Å². The molecular formula is C16H19N3O4S. The topological polar surface area (TPSA) is 90.3 Å². The molecule has 0 atom stereocenters. The molecule has 7 nitrogen and oxygen atoms in total. The highest BCUT2D eigenvalue weighted by Gasteiger charge is 2.22. The first-order valence-electron chi connectivity index (χ1n) is 7.90. The number of thiophene rings is 1. The van der Waals surface area contributed by atoms with Crippen molar-refractivity contribution in [3.05, 3.63) is 26.6 Å². The largest absolute Gasteiger partial charge is 0.468 e. The predicted molar refractivity (Wildman–Crippen MR) is 90.5 cm³/mol. The van der Waals surface area contributed by atoms with Crippen molar-refractivity contribution in [1.29, 1.82) is 0 Å². The predicted octanol–water partition coefficient (Wildman–Crippen LogP) is 1.40. The van der Waals surface area contributed by atoms with Crippen LogP contribution in [0.4, 0.5) is 0 Å². The number of nitrogens with zero attached hydrogens (tertiary/aromatic N) is 2. The van der Waals surface area contributed by atoms with Crippen molar-refractivity contribution < 1.29 is 14.3 Å². The van der Waals surface area contributed by atoms with Crippen LogP contribution in [0.25, 0.3) is 10.2 Å². The highest BCUT2D eigenvalue weighted by atomic mass is 32.1. The van der Waals surface area contributed by atoms with E-state index in [-0.39, 0.29) is 18.0 Å². The molecular weight excluding hydrogens is 330 g/mol. The van der Waals surface area contributed by atoms with E-state index in [1.54, 1.807) is 11.5 Å². The summed E-state index contributed by atoms with van der Waals surface area (Å²) in [5.41, 5.74) is 0.548. The molecule has 128 valence electrons. The van der Waals surface area contributed by atoms with Crippen LogP contribution in [0.2, 0.25) is 0 Å². The number of hydrogen-bond donors (Lipinski definition) is 1. The molecule has 0 unspecified atom stereocenters. The summed E-state index contributed by atoms with van der Waals surface area (Å²) in [6, 6.07) is 0. The number of esters is 1. The van der Waals surface area contributed by atoms with Crippen LogP contribution in [-0.4, -0.2) is 35.1 Å². The van der Waals surface area contributed by atoms with Crippen LogP contribution >= 0.6 is 11.3 Å². The Bertz CT molecular complexity index is 868. The van der Waals surface area contributed by atoms with Crippen molar-refractivity contribution in [3.8, 4) is 0 Å². The molecule has 0 fully saturated rings. The van der Waals surface area contributed by atoms with E-state index in [0.717, 1.165) is 31.5 Å². The van der Waals surface area contributed by atoms with Crippen LogP contribution in [0.15, 0.2) is 4.79 Å². The van der Waals surface area contributed by atoms with Gasteiger partial charge in [-0.3, -0.25) is 19.0 Å². The molecule has 1 aliphatic rings. The molecule has 2 aromatic rings. The van der Waals surface area contributed by atoms with Gasteiger partial charge in [-0.2, -0.15) is 0 Å². The maximum absolute atomic E-state index is 12.8. The molecule has 3 rings (SSSR count). The molecule has 8 heteroatoms. The summed E-state index contributed by atoms with van der Waals surface area (Å²) in [6.07, 6.45) is 3.87. The summed E-state index contributed by atoms with van der Waals surface area (Å²) in [5.74, 6) is -0.111. The summed E-state index contributed by atoms with van der Waals surface area (Å²) >= 11 is 1.20. The fourth-order valence-corrected chi connectivity index (χ4v) is 4.04. The molecule has 0 spiro atoms. The maximum Gasteiger partial charge on any atom is 0.325 e. The molecule has 1 aliphatic heterocycles. The molecule has 2 aromatic heterocycles. The molecule has 0 radical (unpaired) electrons. The van der Waals surface area contributed by atoms with Crippen LogP contribution in [-0.2, 0) is 22.5 Å². The average molecular weight is 349 g/mol. The number of aromatic nitrogens is 2. The standard InChI is InChI=1S/C16H19N3O4S/c1-9-12-15(24-13(9)14(21)17-8-11(20)23-2)18-10-6-4-3-5-7-19(10)16(12)22/h3-8H2,1-2H3,(H,17,21). The average Bonchev–Trinajstić information content (AvgIpc) is 2.74. The fraction of sp³-hybridized carbons (Fsp3) is 0.500. The third kappa shape index (κ3) is 2.93. The maximum atomic E-state index is 12.8. The zero-order valence-corrected chi connectivity index (χ0v) is 14.5. The van der Waals surface area contributed by atoms with Gasteiger partial charge in [0.1, 0.15) is 17.2 Å². The molecule has 0 aliphatic carbocycles. The Balaban J connectivity index is 2.02. The first-order chi connectivity index (χ1) is 11.5. The van der Waals surface area contributed by atoms with E-state index in [1.807, 2.05) is 0 Å². The van der Waals surface area contributed by atoms with Gasteiger partial charge in [0.05, 0.1) is 17.4 Å². The second-order valence-corrected chi connectivity index (χ2v) is 6.79. The van der Waals surface area contributed by atoms with Gasteiger partial charge in [-0.05, 0) is 25.3 Å². The SMILES string of the molecule is COC(=O)CNC(=O)c1sc2nc3n(c(=O)c2c1C)CCCCC3. The smallest absolute Gasteiger partial charge is 0.325 e. The summed E-state index contributed by atoms with van der Waals surface area (Å²) < 4.78 is 6.25. The van der Waals surface area contributed by atoms with E-state index in [1.165, 1.54) is 18.4 Å². The van der Waals surface area contributed by atoms with Crippen molar-refractivity contribution in [3.63, 3.8) is 0 Å². The van der Waals surface area contributed by atoms with Crippen molar-refractivity contribution in [2.45, 2.75) is 39.2 Å². The Hall–Kier alpha value is -2.22. The van der Waals surface area contributed by atoms with E-state index >= 15 is 0 Å². The second kappa shape index (κ2) is 6.72. The highest BCUT2D eigenvalue weighted by molar-refractivity contribution is 7.20. The number of fused-ring (bicyclic) bond motifs is 2. The molecule has 24 heavy (non-hydrogen) atoms. The van der Waals surface area contributed by atoms with Gasteiger partial charge in [0.15, 0.2) is 0 Å². The highest BCUT2D eigenvalue weighted by Crippen LogP contribution is 2.28. The first-order valence-corrected chi connectivity index (χ1v) is 8.72. The van der Waals surface area contributed by atoms with Crippen molar-refractivity contribution in [2.24, 2.45) is 0 Å². The summed E-state index contributed by atoms with van der Waals surface area (Å²) in [4.78, 5) is 41.9.